The van der Waals surface area contributed by atoms with Crippen molar-refractivity contribution in [3.63, 3.8) is 0 Å². The molecule has 0 saturated heterocycles. The quantitative estimate of drug-likeness (QED) is 0.687. The summed E-state index contributed by atoms with van der Waals surface area (Å²) in [6.07, 6.45) is 0. The van der Waals surface area contributed by atoms with Crippen LogP contribution in [0.15, 0.2) is 36.4 Å². The standard InChI is InChI=1S/C14H6Cl2O2/c15-11-9-5-7-3-1-2-4-8(7)6-10(9)12(16)14(18)13(11)17/h1-6H. The van der Waals surface area contributed by atoms with Crippen LogP contribution in [0.3, 0.4) is 0 Å². The topological polar surface area (TPSA) is 34.1 Å². The highest BCUT2D eigenvalue weighted by molar-refractivity contribution is 6.84. The van der Waals surface area contributed by atoms with Gasteiger partial charge in [0.2, 0.25) is 11.6 Å². The maximum Gasteiger partial charge on any atom is 0.246 e. The van der Waals surface area contributed by atoms with Gasteiger partial charge in [0.1, 0.15) is 10.1 Å². The maximum atomic E-state index is 11.6. The van der Waals surface area contributed by atoms with Crippen molar-refractivity contribution in [2.24, 2.45) is 0 Å². The largest absolute Gasteiger partial charge is 0.284 e. The fraction of sp³-hybridized carbons (Fsp3) is 0. The molecule has 18 heavy (non-hydrogen) atoms. The molecule has 3 rings (SSSR count). The molecule has 0 unspecified atom stereocenters. The second kappa shape index (κ2) is 3.94. The molecule has 2 aromatic rings. The molecular weight excluding hydrogens is 271 g/mol. The van der Waals surface area contributed by atoms with Gasteiger partial charge < -0.3 is 0 Å². The van der Waals surface area contributed by atoms with Crippen molar-refractivity contribution in [3.05, 3.63) is 46.8 Å². The smallest absolute Gasteiger partial charge is 0.246 e. The second-order valence-electron chi connectivity index (χ2n) is 4.03. The number of ketones is 2. The first-order chi connectivity index (χ1) is 8.59. The summed E-state index contributed by atoms with van der Waals surface area (Å²) in [6.45, 7) is 0. The van der Waals surface area contributed by atoms with E-state index in [9.17, 15) is 9.59 Å². The molecule has 0 aromatic heterocycles. The molecule has 0 aliphatic heterocycles. The SMILES string of the molecule is O=C1C(=O)C(Cl)=c2cc3ccccc3cc2=C1Cl. The molecule has 0 fully saturated rings. The lowest BCUT2D eigenvalue weighted by molar-refractivity contribution is -0.129. The molecule has 0 heterocycles. The second-order valence-corrected chi connectivity index (χ2v) is 4.79. The first-order valence-corrected chi connectivity index (χ1v) is 6.02. The molecule has 0 radical (unpaired) electrons. The summed E-state index contributed by atoms with van der Waals surface area (Å²) >= 11 is 11.9. The van der Waals surface area contributed by atoms with Gasteiger partial charge in [0.25, 0.3) is 0 Å². The van der Waals surface area contributed by atoms with Crippen LogP contribution in [0.2, 0.25) is 0 Å². The molecule has 2 aromatic carbocycles. The number of carbonyl (C=O) groups excluding carboxylic acids is 2. The molecule has 0 atom stereocenters. The number of rotatable bonds is 0. The zero-order valence-corrected chi connectivity index (χ0v) is 10.5. The van der Waals surface area contributed by atoms with E-state index in [4.69, 9.17) is 23.2 Å². The summed E-state index contributed by atoms with van der Waals surface area (Å²) in [5, 5.41) is 2.80. The Morgan fingerprint density at radius 1 is 0.722 bits per heavy atom. The fourth-order valence-corrected chi connectivity index (χ4v) is 2.53. The van der Waals surface area contributed by atoms with Gasteiger partial charge >= 0.3 is 0 Å². The molecule has 88 valence electrons. The first-order valence-electron chi connectivity index (χ1n) is 5.27. The third-order valence-corrected chi connectivity index (χ3v) is 3.71. The summed E-state index contributed by atoms with van der Waals surface area (Å²) in [4.78, 5) is 23.2. The minimum absolute atomic E-state index is 0.0647. The summed E-state index contributed by atoms with van der Waals surface area (Å²) < 4.78 is 0. The van der Waals surface area contributed by atoms with Gasteiger partial charge in [-0.15, -0.1) is 0 Å². The monoisotopic (exact) mass is 276 g/mol. The van der Waals surface area contributed by atoms with Crippen molar-refractivity contribution in [1.82, 2.24) is 0 Å². The van der Waals surface area contributed by atoms with Crippen LogP contribution >= 0.6 is 23.2 Å². The molecule has 0 saturated carbocycles. The van der Waals surface area contributed by atoms with Gasteiger partial charge in [-0.1, -0.05) is 47.5 Å². The molecule has 4 heteroatoms. The average molecular weight is 277 g/mol. The minimum Gasteiger partial charge on any atom is -0.284 e. The summed E-state index contributed by atoms with van der Waals surface area (Å²) in [6, 6.07) is 11.2. The average Bonchev–Trinajstić information content (AvgIpc) is 2.41. The Labute approximate surface area is 112 Å². The number of benzene rings is 2. The van der Waals surface area contributed by atoms with Gasteiger partial charge in [0.15, 0.2) is 0 Å². The van der Waals surface area contributed by atoms with Crippen LogP contribution in [-0.2, 0) is 9.59 Å². The van der Waals surface area contributed by atoms with E-state index in [1.807, 2.05) is 24.3 Å². The van der Waals surface area contributed by atoms with Crippen LogP contribution in [0.5, 0.6) is 0 Å². The van der Waals surface area contributed by atoms with E-state index in [2.05, 4.69) is 0 Å². The van der Waals surface area contributed by atoms with Crippen LogP contribution in [0.25, 0.3) is 20.8 Å². The Bertz CT molecular complexity index is 764. The zero-order valence-electron chi connectivity index (χ0n) is 9.04. The zero-order chi connectivity index (χ0) is 12.9. The summed E-state index contributed by atoms with van der Waals surface area (Å²) in [5.41, 5.74) is 0. The molecule has 0 spiro atoms. The molecule has 0 amide bonds. The van der Waals surface area contributed by atoms with Crippen molar-refractivity contribution in [1.29, 1.82) is 0 Å². The van der Waals surface area contributed by atoms with Crippen LogP contribution < -0.4 is 10.4 Å². The highest BCUT2D eigenvalue weighted by atomic mass is 35.5. The Kier molecular flexibility index (Phi) is 2.51. The van der Waals surface area contributed by atoms with Crippen molar-refractivity contribution in [2.45, 2.75) is 0 Å². The van der Waals surface area contributed by atoms with Crippen molar-refractivity contribution >= 4 is 55.6 Å². The predicted molar refractivity (Wildman–Crippen MR) is 71.7 cm³/mol. The lowest BCUT2D eigenvalue weighted by atomic mass is 10.0. The van der Waals surface area contributed by atoms with E-state index < -0.39 is 11.6 Å². The lowest BCUT2D eigenvalue weighted by Gasteiger charge is -2.07. The number of hydrogen-bond donors (Lipinski definition) is 0. The Balaban J connectivity index is 2.62. The van der Waals surface area contributed by atoms with Crippen molar-refractivity contribution in [2.75, 3.05) is 0 Å². The molecule has 2 nitrogen and oxygen atoms in total. The van der Waals surface area contributed by atoms with Crippen LogP contribution in [0.4, 0.5) is 0 Å². The van der Waals surface area contributed by atoms with Gasteiger partial charge in [-0.3, -0.25) is 9.59 Å². The van der Waals surface area contributed by atoms with Gasteiger partial charge in [0.05, 0.1) is 0 Å². The van der Waals surface area contributed by atoms with E-state index in [-0.39, 0.29) is 10.1 Å². The Morgan fingerprint density at radius 3 is 1.50 bits per heavy atom. The fourth-order valence-electron chi connectivity index (χ4n) is 2.05. The molecule has 1 aliphatic rings. The van der Waals surface area contributed by atoms with Crippen molar-refractivity contribution in [3.8, 4) is 0 Å². The van der Waals surface area contributed by atoms with Crippen LogP contribution in [0, 0.1) is 0 Å². The molecule has 0 N–H and O–H groups in total. The van der Waals surface area contributed by atoms with Crippen LogP contribution in [0.1, 0.15) is 0 Å². The summed E-state index contributed by atoms with van der Waals surface area (Å²) in [7, 11) is 0. The Hall–Kier alpha value is -1.64. The maximum absolute atomic E-state index is 11.6. The van der Waals surface area contributed by atoms with E-state index >= 15 is 0 Å². The van der Waals surface area contributed by atoms with E-state index in [0.717, 1.165) is 10.8 Å². The summed E-state index contributed by atoms with van der Waals surface area (Å²) in [5.74, 6) is -1.49. The minimum atomic E-state index is -0.746. The van der Waals surface area contributed by atoms with Crippen LogP contribution in [-0.4, -0.2) is 11.6 Å². The Morgan fingerprint density at radius 2 is 1.11 bits per heavy atom. The molecule has 0 bridgehead atoms. The highest BCUT2D eigenvalue weighted by Gasteiger charge is 2.26. The van der Waals surface area contributed by atoms with Crippen molar-refractivity contribution < 1.29 is 9.59 Å². The number of hydrogen-bond acceptors (Lipinski definition) is 2. The molecular formula is C14H6Cl2O2. The third kappa shape index (κ3) is 1.50. The number of fused-ring (bicyclic) bond motifs is 2. The third-order valence-electron chi connectivity index (χ3n) is 2.96. The van der Waals surface area contributed by atoms with E-state index in [1.54, 1.807) is 12.1 Å². The normalized spacial score (nSPS) is 15.2. The van der Waals surface area contributed by atoms with E-state index in [0.29, 0.717) is 10.4 Å². The first kappa shape index (κ1) is 11.5. The number of carbonyl (C=O) groups is 2. The van der Waals surface area contributed by atoms with E-state index in [1.165, 1.54) is 0 Å². The highest BCUT2D eigenvalue weighted by Crippen LogP contribution is 2.16. The predicted octanol–water partition coefficient (Wildman–Crippen LogP) is 1.69. The number of halogens is 2. The number of Topliss-reactive ketones (excluding diaryl/α,β-unsaturated/α-hetero) is 2. The van der Waals surface area contributed by atoms with Gasteiger partial charge in [-0.25, -0.2) is 0 Å². The van der Waals surface area contributed by atoms with Gasteiger partial charge in [-0.2, -0.15) is 0 Å². The van der Waals surface area contributed by atoms with Gasteiger partial charge in [-0.05, 0) is 22.9 Å². The van der Waals surface area contributed by atoms with Gasteiger partial charge in [0, 0.05) is 10.4 Å². The molecule has 1 aliphatic carbocycles. The lowest BCUT2D eigenvalue weighted by Crippen LogP contribution is -2.38.